The molecule has 0 radical (unpaired) electrons. The summed E-state index contributed by atoms with van der Waals surface area (Å²) in [5.74, 6) is 0.905. The molecule has 3 nitrogen and oxygen atoms in total. The van der Waals surface area contributed by atoms with E-state index >= 15 is 0 Å². The van der Waals surface area contributed by atoms with Gasteiger partial charge in [-0.05, 0) is 31.0 Å². The Bertz CT molecular complexity index is 391. The Kier molecular flexibility index (Phi) is 7.63. The number of ether oxygens (including phenoxy) is 2. The number of nitrogens with one attached hydrogen (secondary N) is 1. The first-order chi connectivity index (χ1) is 9.56. The van der Waals surface area contributed by atoms with Crippen molar-refractivity contribution in [1.82, 2.24) is 5.32 Å². The molecule has 0 saturated carbocycles. The Morgan fingerprint density at radius 1 is 1.20 bits per heavy atom. The molecule has 1 rings (SSSR count). The summed E-state index contributed by atoms with van der Waals surface area (Å²) >= 11 is 0. The third-order valence-electron chi connectivity index (χ3n) is 3.28. The van der Waals surface area contributed by atoms with Crippen LogP contribution in [0.2, 0.25) is 0 Å². The van der Waals surface area contributed by atoms with Gasteiger partial charge in [-0.25, -0.2) is 0 Å². The van der Waals surface area contributed by atoms with Gasteiger partial charge < -0.3 is 14.8 Å². The van der Waals surface area contributed by atoms with E-state index in [-0.39, 0.29) is 0 Å². The smallest absolute Gasteiger partial charge is 0.124 e. The topological polar surface area (TPSA) is 30.5 Å². The van der Waals surface area contributed by atoms with Gasteiger partial charge in [0.25, 0.3) is 0 Å². The minimum absolute atomic E-state index is 0.294. The lowest BCUT2D eigenvalue weighted by Crippen LogP contribution is -2.21. The van der Waals surface area contributed by atoms with Gasteiger partial charge in [-0.2, -0.15) is 0 Å². The van der Waals surface area contributed by atoms with E-state index in [2.05, 4.69) is 45.1 Å². The van der Waals surface area contributed by atoms with E-state index in [0.29, 0.717) is 18.8 Å². The Labute approximate surface area is 123 Å². The molecule has 0 heterocycles. The van der Waals surface area contributed by atoms with Gasteiger partial charge >= 0.3 is 0 Å². The monoisotopic (exact) mass is 279 g/mol. The molecule has 0 amide bonds. The number of rotatable bonds is 9. The molecule has 3 heteroatoms. The SMILES string of the molecule is CCCC(C)OCc1cc(CNC(C)C)ccc1OC. The largest absolute Gasteiger partial charge is 0.496 e. The molecule has 0 aliphatic heterocycles. The van der Waals surface area contributed by atoms with Gasteiger partial charge in [-0.3, -0.25) is 0 Å². The Hall–Kier alpha value is -1.06. The second kappa shape index (κ2) is 8.98. The molecule has 1 N–H and O–H groups in total. The number of methoxy groups -OCH3 is 1. The van der Waals surface area contributed by atoms with E-state index in [9.17, 15) is 0 Å². The minimum Gasteiger partial charge on any atom is -0.496 e. The number of hydrogen-bond acceptors (Lipinski definition) is 3. The van der Waals surface area contributed by atoms with Crippen molar-refractivity contribution in [2.45, 2.75) is 65.8 Å². The first-order valence-corrected chi connectivity index (χ1v) is 7.57. The molecule has 1 aromatic rings. The normalized spacial score (nSPS) is 12.7. The second-order valence-electron chi connectivity index (χ2n) is 5.59. The van der Waals surface area contributed by atoms with Crippen LogP contribution in [0.4, 0.5) is 0 Å². The highest BCUT2D eigenvalue weighted by Gasteiger charge is 2.08. The standard InChI is InChI=1S/C17H29NO2/c1-6-7-14(4)20-12-16-10-15(11-18-13(2)3)8-9-17(16)19-5/h8-10,13-14,18H,6-7,11-12H2,1-5H3. The molecule has 1 unspecified atom stereocenters. The Morgan fingerprint density at radius 3 is 2.55 bits per heavy atom. The zero-order chi connectivity index (χ0) is 15.0. The summed E-state index contributed by atoms with van der Waals surface area (Å²) in [6.07, 6.45) is 2.54. The molecule has 114 valence electrons. The fourth-order valence-electron chi connectivity index (χ4n) is 2.10. The highest BCUT2D eigenvalue weighted by molar-refractivity contribution is 5.36. The van der Waals surface area contributed by atoms with Gasteiger partial charge in [-0.1, -0.05) is 33.3 Å². The average Bonchev–Trinajstić information content (AvgIpc) is 2.43. The maximum absolute atomic E-state index is 5.89. The van der Waals surface area contributed by atoms with Gasteiger partial charge in [0.05, 0.1) is 19.8 Å². The maximum Gasteiger partial charge on any atom is 0.124 e. The predicted octanol–water partition coefficient (Wildman–Crippen LogP) is 3.90. The summed E-state index contributed by atoms with van der Waals surface area (Å²) in [7, 11) is 1.71. The van der Waals surface area contributed by atoms with Gasteiger partial charge in [-0.15, -0.1) is 0 Å². The molecule has 1 aromatic carbocycles. The van der Waals surface area contributed by atoms with Crippen molar-refractivity contribution < 1.29 is 9.47 Å². The molecule has 0 bridgehead atoms. The van der Waals surface area contributed by atoms with Crippen molar-refractivity contribution in [1.29, 1.82) is 0 Å². The van der Waals surface area contributed by atoms with Crippen molar-refractivity contribution in [3.05, 3.63) is 29.3 Å². The van der Waals surface area contributed by atoms with Crippen LogP contribution in [0.1, 0.15) is 51.7 Å². The van der Waals surface area contributed by atoms with Crippen molar-refractivity contribution in [2.24, 2.45) is 0 Å². The van der Waals surface area contributed by atoms with E-state index < -0.39 is 0 Å². The lowest BCUT2D eigenvalue weighted by Gasteiger charge is -2.16. The van der Waals surface area contributed by atoms with Crippen LogP contribution in [-0.4, -0.2) is 19.3 Å². The molecule has 0 saturated heterocycles. The van der Waals surface area contributed by atoms with Gasteiger partial charge in [0.2, 0.25) is 0 Å². The quantitative estimate of drug-likeness (QED) is 0.743. The first kappa shape index (κ1) is 17.0. The van der Waals surface area contributed by atoms with E-state index in [0.717, 1.165) is 30.7 Å². The number of hydrogen-bond donors (Lipinski definition) is 1. The van der Waals surface area contributed by atoms with Gasteiger partial charge in [0.15, 0.2) is 0 Å². The second-order valence-corrected chi connectivity index (χ2v) is 5.59. The highest BCUT2D eigenvalue weighted by atomic mass is 16.5. The van der Waals surface area contributed by atoms with Crippen LogP contribution in [0.15, 0.2) is 18.2 Å². The Balaban J connectivity index is 2.67. The lowest BCUT2D eigenvalue weighted by atomic mass is 10.1. The third-order valence-corrected chi connectivity index (χ3v) is 3.28. The molecule has 0 spiro atoms. The molecule has 0 aliphatic rings. The summed E-state index contributed by atoms with van der Waals surface area (Å²) in [5, 5.41) is 3.43. The van der Waals surface area contributed by atoms with E-state index in [1.807, 2.05) is 6.07 Å². The average molecular weight is 279 g/mol. The zero-order valence-electron chi connectivity index (χ0n) is 13.5. The van der Waals surface area contributed by atoms with Crippen molar-refractivity contribution in [3.8, 4) is 5.75 Å². The number of benzene rings is 1. The van der Waals surface area contributed by atoms with Crippen molar-refractivity contribution >= 4 is 0 Å². The van der Waals surface area contributed by atoms with Gasteiger partial charge in [0.1, 0.15) is 5.75 Å². The molecular weight excluding hydrogens is 250 g/mol. The summed E-state index contributed by atoms with van der Waals surface area (Å²) in [4.78, 5) is 0. The maximum atomic E-state index is 5.89. The van der Waals surface area contributed by atoms with Crippen LogP contribution in [-0.2, 0) is 17.9 Å². The third kappa shape index (κ3) is 5.93. The highest BCUT2D eigenvalue weighted by Crippen LogP contribution is 2.22. The summed E-state index contributed by atoms with van der Waals surface area (Å²) in [6.45, 7) is 10.1. The van der Waals surface area contributed by atoms with E-state index in [1.165, 1.54) is 5.56 Å². The van der Waals surface area contributed by atoms with Crippen LogP contribution in [0.25, 0.3) is 0 Å². The predicted molar refractivity (Wildman–Crippen MR) is 84.1 cm³/mol. The van der Waals surface area contributed by atoms with E-state index in [4.69, 9.17) is 9.47 Å². The molecular formula is C17H29NO2. The molecule has 0 aromatic heterocycles. The van der Waals surface area contributed by atoms with Crippen LogP contribution in [0.5, 0.6) is 5.75 Å². The summed E-state index contributed by atoms with van der Waals surface area (Å²) in [6, 6.07) is 6.79. The van der Waals surface area contributed by atoms with E-state index in [1.54, 1.807) is 7.11 Å². The van der Waals surface area contributed by atoms with Crippen LogP contribution in [0, 0.1) is 0 Å². The summed E-state index contributed by atoms with van der Waals surface area (Å²) in [5.41, 5.74) is 2.39. The fraction of sp³-hybridized carbons (Fsp3) is 0.647. The van der Waals surface area contributed by atoms with Crippen LogP contribution in [0.3, 0.4) is 0 Å². The Morgan fingerprint density at radius 2 is 1.95 bits per heavy atom. The summed E-state index contributed by atoms with van der Waals surface area (Å²) < 4.78 is 11.3. The van der Waals surface area contributed by atoms with Gasteiger partial charge in [0, 0.05) is 18.2 Å². The molecule has 20 heavy (non-hydrogen) atoms. The van der Waals surface area contributed by atoms with Crippen LogP contribution >= 0.6 is 0 Å². The zero-order valence-corrected chi connectivity index (χ0v) is 13.5. The van der Waals surface area contributed by atoms with Crippen molar-refractivity contribution in [2.75, 3.05) is 7.11 Å². The molecule has 0 fully saturated rings. The molecule has 0 aliphatic carbocycles. The lowest BCUT2D eigenvalue weighted by molar-refractivity contribution is 0.0460. The van der Waals surface area contributed by atoms with Crippen LogP contribution < -0.4 is 10.1 Å². The van der Waals surface area contributed by atoms with Crippen molar-refractivity contribution in [3.63, 3.8) is 0 Å². The first-order valence-electron chi connectivity index (χ1n) is 7.57. The minimum atomic E-state index is 0.294. The molecule has 1 atom stereocenters. The fourth-order valence-corrected chi connectivity index (χ4v) is 2.10.